The van der Waals surface area contributed by atoms with Crippen LogP contribution in [-0.4, -0.2) is 56.6 Å². The molecule has 3 N–H and O–H groups in total. The number of halogens is 2. The van der Waals surface area contributed by atoms with Crippen molar-refractivity contribution in [1.82, 2.24) is 9.62 Å². The van der Waals surface area contributed by atoms with Crippen LogP contribution < -0.4 is 19.9 Å². The topological polar surface area (TPSA) is 76.8 Å². The molecule has 0 bridgehead atoms. The fourth-order valence-corrected chi connectivity index (χ4v) is 5.55. The van der Waals surface area contributed by atoms with Gasteiger partial charge < -0.3 is 24.9 Å². The van der Waals surface area contributed by atoms with Crippen LogP contribution in [0.4, 0.5) is 8.78 Å². The third kappa shape index (κ3) is 11.5. The van der Waals surface area contributed by atoms with Gasteiger partial charge in [0.15, 0.2) is 0 Å². The molecule has 1 aliphatic carbocycles. The molecular weight excluding hydrogens is 544 g/mol. The van der Waals surface area contributed by atoms with Crippen molar-refractivity contribution in [3.05, 3.63) is 54.1 Å². The zero-order chi connectivity index (χ0) is 29.5. The minimum Gasteiger partial charge on any atom is -0.494 e. The summed E-state index contributed by atoms with van der Waals surface area (Å²) in [5, 5.41) is 0. The maximum absolute atomic E-state index is 14.9. The van der Waals surface area contributed by atoms with E-state index in [2.05, 4.69) is 23.6 Å². The van der Waals surface area contributed by atoms with Gasteiger partial charge in [-0.2, -0.15) is 8.78 Å². The number of unbranched alkanes of at least 4 members (excludes halogenated alkanes) is 1. The molecule has 1 unspecified atom stereocenters. The zero-order valence-electron chi connectivity index (χ0n) is 24.5. The first-order valence-corrected chi connectivity index (χ1v) is 15.8. The van der Waals surface area contributed by atoms with Crippen LogP contribution in [0.2, 0.25) is 0 Å². The van der Waals surface area contributed by atoms with Crippen LogP contribution in [0, 0.1) is 5.92 Å². The number of carbonyl (C=O) groups excluding carboxylic acids is 1. The lowest BCUT2D eigenvalue weighted by atomic mass is 9.90. The number of hydrogen-bond donors (Lipinski definition) is 2. The molecule has 1 atom stereocenters. The van der Waals surface area contributed by atoms with E-state index in [1.807, 2.05) is 12.1 Å². The predicted octanol–water partition coefficient (Wildman–Crippen LogP) is 6.82. The average Bonchev–Trinajstić information content (AvgIpc) is 3.00. The number of nitrogens with one attached hydrogen (secondary N) is 1. The average molecular weight is 592 g/mol. The van der Waals surface area contributed by atoms with Crippen LogP contribution in [0.15, 0.2) is 53.4 Å². The van der Waals surface area contributed by atoms with Crippen molar-refractivity contribution in [2.75, 3.05) is 33.4 Å². The van der Waals surface area contributed by atoms with E-state index >= 15 is 0 Å². The summed E-state index contributed by atoms with van der Waals surface area (Å²) in [6.07, 6.45) is 10.8. The molecule has 6 nitrogen and oxygen atoms in total. The Hall–Kier alpha value is -2.20. The Morgan fingerprint density at radius 2 is 1.61 bits per heavy atom. The minimum absolute atomic E-state index is 0.234. The van der Waals surface area contributed by atoms with Gasteiger partial charge in [-0.1, -0.05) is 32.6 Å². The van der Waals surface area contributed by atoms with Crippen molar-refractivity contribution in [2.24, 2.45) is 11.7 Å². The van der Waals surface area contributed by atoms with Crippen LogP contribution in [0.5, 0.6) is 11.5 Å². The lowest BCUT2D eigenvalue weighted by Crippen LogP contribution is -2.41. The van der Waals surface area contributed by atoms with E-state index in [1.165, 1.54) is 82.3 Å². The van der Waals surface area contributed by atoms with Crippen molar-refractivity contribution >= 4 is 18.2 Å². The van der Waals surface area contributed by atoms with Gasteiger partial charge in [0.05, 0.1) is 13.2 Å². The standard InChI is InChI=1S/C26H33F2NO3S.C6H14N2/c1-2-3-17-31-22-11-9-21(10-12-22)26(27,28)25(18-30)29-33-24-15-13-23(14-16-24)32-19-20-7-5-4-6-8-20;1-8-4-2-6(7)3-5-8/h9-16,18,20,25,29H,2-8,17,19H2,1H3;6H,2-5,7H2,1H3. The van der Waals surface area contributed by atoms with Gasteiger partial charge in [-0.05, 0) is 119 Å². The molecule has 1 heterocycles. The van der Waals surface area contributed by atoms with E-state index in [0.717, 1.165) is 35.4 Å². The number of aldehydes is 1. The Kier molecular flexibility index (Phi) is 14.4. The highest BCUT2D eigenvalue weighted by Gasteiger charge is 2.41. The second kappa shape index (κ2) is 17.7. The number of rotatable bonds is 13. The molecule has 9 heteroatoms. The number of carbonyl (C=O) groups is 1. The molecule has 1 saturated heterocycles. The van der Waals surface area contributed by atoms with Crippen molar-refractivity contribution in [3.63, 3.8) is 0 Å². The molecule has 2 fully saturated rings. The summed E-state index contributed by atoms with van der Waals surface area (Å²) in [6, 6.07) is 11.7. The van der Waals surface area contributed by atoms with E-state index in [4.69, 9.17) is 15.2 Å². The number of ether oxygens (including phenoxy) is 2. The Balaban J connectivity index is 0.000000496. The van der Waals surface area contributed by atoms with E-state index in [1.54, 1.807) is 12.1 Å². The Bertz CT molecular complexity index is 986. The second-order valence-electron chi connectivity index (χ2n) is 11.1. The molecule has 0 spiro atoms. The molecule has 0 amide bonds. The molecular formula is C32H47F2N3O3S. The number of nitrogens with zero attached hydrogens (tertiary/aromatic N) is 1. The highest BCUT2D eigenvalue weighted by atomic mass is 32.2. The lowest BCUT2D eigenvalue weighted by Gasteiger charge is -2.25. The largest absolute Gasteiger partial charge is 0.494 e. The van der Waals surface area contributed by atoms with Crippen molar-refractivity contribution < 1.29 is 23.0 Å². The monoisotopic (exact) mass is 591 g/mol. The molecule has 0 radical (unpaired) electrons. The lowest BCUT2D eigenvalue weighted by molar-refractivity contribution is -0.119. The quantitative estimate of drug-likeness (QED) is 0.150. The number of alkyl halides is 2. The van der Waals surface area contributed by atoms with Gasteiger partial charge in [0, 0.05) is 16.5 Å². The third-order valence-corrected chi connectivity index (χ3v) is 8.51. The van der Waals surface area contributed by atoms with Crippen LogP contribution in [-0.2, 0) is 10.7 Å². The molecule has 0 aromatic heterocycles. The minimum atomic E-state index is -3.36. The molecule has 1 saturated carbocycles. The molecule has 2 aromatic carbocycles. The SMILES string of the molecule is CCCCOc1ccc(C(F)(F)C(C=O)NSc2ccc(OCC3CCCCC3)cc2)cc1.CN1CCC(N)CC1. The van der Waals surface area contributed by atoms with Crippen molar-refractivity contribution in [2.45, 2.75) is 87.6 Å². The van der Waals surface area contributed by atoms with Gasteiger partial charge >= 0.3 is 0 Å². The number of hydrogen-bond acceptors (Lipinski definition) is 7. The van der Waals surface area contributed by atoms with Crippen molar-refractivity contribution in [3.8, 4) is 11.5 Å². The Morgan fingerprint density at radius 1 is 1.00 bits per heavy atom. The van der Waals surface area contributed by atoms with Gasteiger partial charge in [-0.15, -0.1) is 0 Å². The molecule has 4 rings (SSSR count). The summed E-state index contributed by atoms with van der Waals surface area (Å²) in [7, 11) is 2.14. The van der Waals surface area contributed by atoms with Crippen LogP contribution in [0.3, 0.4) is 0 Å². The van der Waals surface area contributed by atoms with Crippen LogP contribution in [0.25, 0.3) is 0 Å². The smallest absolute Gasteiger partial charge is 0.295 e. The molecule has 1 aliphatic heterocycles. The molecule has 2 aromatic rings. The highest BCUT2D eigenvalue weighted by molar-refractivity contribution is 7.97. The Labute approximate surface area is 248 Å². The van der Waals surface area contributed by atoms with E-state index in [9.17, 15) is 13.6 Å². The van der Waals surface area contributed by atoms with Gasteiger partial charge in [-0.25, -0.2) is 4.72 Å². The zero-order valence-corrected chi connectivity index (χ0v) is 25.4. The van der Waals surface area contributed by atoms with E-state index in [-0.39, 0.29) is 11.8 Å². The molecule has 2 aliphatic rings. The normalized spacial score (nSPS) is 17.8. The van der Waals surface area contributed by atoms with Gasteiger partial charge in [0.2, 0.25) is 0 Å². The number of benzene rings is 2. The Morgan fingerprint density at radius 3 is 2.20 bits per heavy atom. The third-order valence-electron chi connectivity index (χ3n) is 7.63. The number of nitrogens with two attached hydrogens (primary N) is 1. The van der Waals surface area contributed by atoms with Crippen molar-refractivity contribution in [1.29, 1.82) is 0 Å². The van der Waals surface area contributed by atoms with Crippen LogP contribution in [0.1, 0.15) is 70.3 Å². The fourth-order valence-electron chi connectivity index (χ4n) is 4.81. The molecule has 41 heavy (non-hydrogen) atoms. The fraction of sp³-hybridized carbons (Fsp3) is 0.594. The van der Waals surface area contributed by atoms with E-state index in [0.29, 0.717) is 30.9 Å². The number of likely N-dealkylation sites (tertiary alicyclic amines) is 1. The second-order valence-corrected chi connectivity index (χ2v) is 12.0. The highest BCUT2D eigenvalue weighted by Crippen LogP contribution is 2.34. The van der Waals surface area contributed by atoms with E-state index < -0.39 is 12.0 Å². The molecule has 228 valence electrons. The van der Waals surface area contributed by atoms with Gasteiger partial charge in [-0.3, -0.25) is 0 Å². The van der Waals surface area contributed by atoms with Gasteiger partial charge in [0.25, 0.3) is 5.92 Å². The van der Waals surface area contributed by atoms with Crippen LogP contribution >= 0.6 is 11.9 Å². The summed E-state index contributed by atoms with van der Waals surface area (Å²) in [4.78, 5) is 14.5. The first-order chi connectivity index (χ1) is 19.8. The summed E-state index contributed by atoms with van der Waals surface area (Å²) in [5.41, 5.74) is 5.44. The first-order valence-electron chi connectivity index (χ1n) is 15.0. The summed E-state index contributed by atoms with van der Waals surface area (Å²) < 4.78 is 43.9. The maximum Gasteiger partial charge on any atom is 0.295 e. The van der Waals surface area contributed by atoms with Gasteiger partial charge in [0.1, 0.15) is 23.8 Å². The summed E-state index contributed by atoms with van der Waals surface area (Å²) in [5.74, 6) is -1.44. The number of piperidine rings is 1. The maximum atomic E-state index is 14.9. The predicted molar refractivity (Wildman–Crippen MR) is 163 cm³/mol. The summed E-state index contributed by atoms with van der Waals surface area (Å²) in [6.45, 7) is 5.68. The summed E-state index contributed by atoms with van der Waals surface area (Å²) >= 11 is 1.00. The first kappa shape index (κ1) is 33.3.